The van der Waals surface area contributed by atoms with E-state index in [1.54, 1.807) is 0 Å². The summed E-state index contributed by atoms with van der Waals surface area (Å²) >= 11 is 0. The molecule has 0 atom stereocenters. The lowest BCUT2D eigenvalue weighted by Gasteiger charge is -2.12. The van der Waals surface area contributed by atoms with Gasteiger partial charge in [0.15, 0.2) is 21.3 Å². The van der Waals surface area contributed by atoms with E-state index < -0.39 is 135 Å². The van der Waals surface area contributed by atoms with E-state index in [0.717, 1.165) is 79.1 Å². The SMILES string of the molecule is CS(=O)(=O)c1cc(/N=N/c2c(S(=O)(=O)O)cc3cc(S(=O)(=O)O)cc(N)c3c2O)ccc1/C=C/c1ccc(/N=N/c2c(S(=O)(=O)O)cc3cc(S(=O)(=O)O)cc(N)c3c2O)cc1S(=O)(=O)O. The molecule has 0 amide bonds. The van der Waals surface area contributed by atoms with Crippen molar-refractivity contribution < 1.29 is 83.5 Å². The van der Waals surface area contributed by atoms with Gasteiger partial charge in [-0.25, -0.2) is 8.42 Å². The van der Waals surface area contributed by atoms with Crippen LogP contribution >= 0.6 is 0 Å². The molecule has 0 aliphatic heterocycles. The fraction of sp³-hybridized carbons (Fsp3) is 0.0286. The van der Waals surface area contributed by atoms with Gasteiger partial charge in [-0.1, -0.05) is 24.3 Å². The first kappa shape index (κ1) is 48.9. The summed E-state index contributed by atoms with van der Waals surface area (Å²) in [6.45, 7) is 0. The summed E-state index contributed by atoms with van der Waals surface area (Å²) in [5.74, 6) is -2.07. The highest BCUT2D eigenvalue weighted by Gasteiger charge is 2.27. The quantitative estimate of drug-likeness (QED) is 0.0329. The second-order valence-corrected chi connectivity index (χ2v) is 22.7. The van der Waals surface area contributed by atoms with Gasteiger partial charge in [0.2, 0.25) is 0 Å². The van der Waals surface area contributed by atoms with Crippen molar-refractivity contribution in [2.75, 3.05) is 17.7 Å². The molecule has 0 saturated carbocycles. The van der Waals surface area contributed by atoms with Crippen LogP contribution in [0, 0.1) is 0 Å². The van der Waals surface area contributed by atoms with Gasteiger partial charge in [0, 0.05) is 28.4 Å². The van der Waals surface area contributed by atoms with Crippen molar-refractivity contribution in [3.8, 4) is 11.5 Å². The first-order chi connectivity index (χ1) is 30.2. The van der Waals surface area contributed by atoms with Gasteiger partial charge < -0.3 is 21.7 Å². The number of nitrogen functional groups attached to an aromatic ring is 2. The normalized spacial score (nSPS) is 13.5. The molecule has 0 bridgehead atoms. The van der Waals surface area contributed by atoms with E-state index in [1.165, 1.54) is 0 Å². The zero-order valence-electron chi connectivity index (χ0n) is 32.5. The fourth-order valence-corrected chi connectivity index (χ4v) is 10.3. The van der Waals surface area contributed by atoms with Gasteiger partial charge in [-0.3, -0.25) is 22.8 Å². The monoisotopic (exact) mass is 1030 g/mol. The molecule has 0 radical (unpaired) electrons. The number of nitrogens with two attached hydrogens (primary N) is 2. The van der Waals surface area contributed by atoms with Crippen LogP contribution in [0.5, 0.6) is 11.5 Å². The molecule has 11 N–H and O–H groups in total. The highest BCUT2D eigenvalue weighted by atomic mass is 32.2. The molecular weight excluding hydrogens is 1000 g/mol. The maximum Gasteiger partial charge on any atom is 0.296 e. The lowest BCUT2D eigenvalue weighted by atomic mass is 10.1. The maximum absolute atomic E-state index is 12.9. The van der Waals surface area contributed by atoms with E-state index in [4.69, 9.17) is 11.5 Å². The number of phenolic OH excluding ortho intramolecular Hbond substituents is 2. The molecule has 6 aromatic rings. The Bertz CT molecular complexity index is 3660. The molecular formula is C35H28N6O19S6. The molecule has 6 aromatic carbocycles. The molecule has 0 aliphatic rings. The minimum atomic E-state index is -5.27. The van der Waals surface area contributed by atoms with E-state index in [-0.39, 0.29) is 33.0 Å². The Morgan fingerprint density at radius 3 is 1.12 bits per heavy atom. The first-order valence-corrected chi connectivity index (χ1v) is 26.3. The Hall–Kier alpha value is -6.52. The van der Waals surface area contributed by atoms with Crippen molar-refractivity contribution >= 4 is 128 Å². The van der Waals surface area contributed by atoms with E-state index in [0.29, 0.717) is 12.1 Å². The van der Waals surface area contributed by atoms with Crippen LogP contribution in [0.1, 0.15) is 11.1 Å². The Morgan fingerprint density at radius 2 is 0.788 bits per heavy atom. The molecule has 66 heavy (non-hydrogen) atoms. The average molecular weight is 1030 g/mol. The van der Waals surface area contributed by atoms with Gasteiger partial charge in [-0.2, -0.15) is 52.3 Å². The van der Waals surface area contributed by atoms with Crippen LogP contribution in [0.3, 0.4) is 0 Å². The highest BCUT2D eigenvalue weighted by Crippen LogP contribution is 2.46. The number of aromatic hydroxyl groups is 2. The molecule has 0 aliphatic carbocycles. The Labute approximate surface area is 372 Å². The number of azo groups is 2. The average Bonchev–Trinajstić information content (AvgIpc) is 3.16. The molecule has 31 heteroatoms. The van der Waals surface area contributed by atoms with Gasteiger partial charge in [-0.15, -0.1) is 10.2 Å². The lowest BCUT2D eigenvalue weighted by Crippen LogP contribution is -2.03. The number of hydrogen-bond donors (Lipinski definition) is 9. The van der Waals surface area contributed by atoms with Crippen LogP contribution in [0.15, 0.2) is 123 Å². The molecule has 25 nitrogen and oxygen atoms in total. The molecule has 0 unspecified atom stereocenters. The summed E-state index contributed by atoms with van der Waals surface area (Å²) in [4.78, 5) is -5.18. The lowest BCUT2D eigenvalue weighted by molar-refractivity contribution is 0.471. The molecule has 348 valence electrons. The van der Waals surface area contributed by atoms with Crippen molar-refractivity contribution in [2.45, 2.75) is 29.4 Å². The summed E-state index contributed by atoms with van der Waals surface area (Å²) in [5.41, 5.74) is 7.69. The van der Waals surface area contributed by atoms with Crippen LogP contribution in [0.25, 0.3) is 33.7 Å². The van der Waals surface area contributed by atoms with Gasteiger partial charge in [0.25, 0.3) is 50.6 Å². The minimum Gasteiger partial charge on any atom is -0.505 e. The Morgan fingerprint density at radius 1 is 0.439 bits per heavy atom. The second kappa shape index (κ2) is 16.7. The van der Waals surface area contributed by atoms with E-state index >= 15 is 0 Å². The van der Waals surface area contributed by atoms with Gasteiger partial charge in [0.05, 0.1) is 26.1 Å². The van der Waals surface area contributed by atoms with Crippen molar-refractivity contribution in [3.05, 3.63) is 83.9 Å². The maximum atomic E-state index is 12.9. The van der Waals surface area contributed by atoms with Crippen molar-refractivity contribution in [1.82, 2.24) is 0 Å². The summed E-state index contributed by atoms with van der Waals surface area (Å²) in [5, 5.41) is 35.2. The van der Waals surface area contributed by atoms with Crippen molar-refractivity contribution in [2.24, 2.45) is 20.5 Å². The highest BCUT2D eigenvalue weighted by molar-refractivity contribution is 7.90. The molecule has 0 saturated heterocycles. The number of anilines is 2. The van der Waals surface area contributed by atoms with Crippen LogP contribution in [-0.4, -0.2) is 89.7 Å². The number of sulfone groups is 1. The van der Waals surface area contributed by atoms with E-state index in [1.807, 2.05) is 0 Å². The number of hydrogen-bond acceptors (Lipinski definition) is 20. The van der Waals surface area contributed by atoms with Crippen LogP contribution in [0.4, 0.5) is 34.1 Å². The number of phenols is 2. The van der Waals surface area contributed by atoms with Crippen LogP contribution in [0.2, 0.25) is 0 Å². The summed E-state index contributed by atoms with van der Waals surface area (Å²) in [7, 11) is -29.6. The predicted molar refractivity (Wildman–Crippen MR) is 232 cm³/mol. The summed E-state index contributed by atoms with van der Waals surface area (Å²) in [6, 6.07) is 10.3. The standard InChI is InChI=1S/C35H28N6O19S6/c1-61(44,45)26-12-20(38-40-32-28(65(55,56)57)10-18-8-22(62(46,47)48)14-24(36)30(18)34(32)42)6-4-16(26)2-3-17-5-7-21(13-27(17)64(52,53)54)39-41-33-29(66(58,59)60)11-19-9-23(63(49,50)51)15-25(37)31(19)35(33)43/h2-15,42-43H,36-37H2,1H3,(H,46,47,48)(H,49,50,51)(H,52,53,54)(H,55,56,57)(H,58,59,60)/b3-2+,40-38+,41-39+. The third-order valence-corrected chi connectivity index (χ3v) is 14.6. The molecule has 0 fully saturated rings. The van der Waals surface area contributed by atoms with Crippen molar-refractivity contribution in [3.63, 3.8) is 0 Å². The summed E-state index contributed by atoms with van der Waals surface area (Å²) in [6.07, 6.45) is 2.89. The molecule has 0 aromatic heterocycles. The third kappa shape index (κ3) is 10.1. The van der Waals surface area contributed by atoms with Gasteiger partial charge in [0.1, 0.15) is 26.1 Å². The topological polar surface area (TPSA) is 448 Å². The predicted octanol–water partition coefficient (Wildman–Crippen LogP) is 5.21. The van der Waals surface area contributed by atoms with Crippen molar-refractivity contribution in [1.29, 1.82) is 0 Å². The number of nitrogens with zero attached hydrogens (tertiary/aromatic N) is 4. The van der Waals surface area contributed by atoms with Gasteiger partial charge >= 0.3 is 0 Å². The van der Waals surface area contributed by atoms with E-state index in [2.05, 4.69) is 20.5 Å². The fourth-order valence-electron chi connectivity index (χ4n) is 6.25. The number of fused-ring (bicyclic) bond motifs is 2. The zero-order valence-corrected chi connectivity index (χ0v) is 37.4. The Balaban J connectivity index is 1.40. The zero-order chi connectivity index (χ0) is 49.3. The minimum absolute atomic E-state index is 0.136. The number of benzene rings is 6. The van der Waals surface area contributed by atoms with Crippen LogP contribution in [-0.2, 0) is 60.4 Å². The molecule has 6 rings (SSSR count). The molecule has 0 heterocycles. The Kier molecular flexibility index (Phi) is 12.4. The molecule has 0 spiro atoms. The van der Waals surface area contributed by atoms with Gasteiger partial charge in [-0.05, 0) is 82.6 Å². The largest absolute Gasteiger partial charge is 0.505 e. The number of rotatable bonds is 12. The smallest absolute Gasteiger partial charge is 0.296 e. The van der Waals surface area contributed by atoms with Crippen LogP contribution < -0.4 is 11.5 Å². The summed E-state index contributed by atoms with van der Waals surface area (Å²) < 4.78 is 196. The first-order valence-electron chi connectivity index (χ1n) is 17.2. The second-order valence-electron chi connectivity index (χ2n) is 13.7. The van der Waals surface area contributed by atoms with E-state index in [9.17, 15) is 83.5 Å². The third-order valence-electron chi connectivity index (χ3n) is 9.10.